The Morgan fingerprint density at radius 1 is 1.18 bits per heavy atom. The average molecular weight is 533 g/mol. The third-order valence-corrected chi connectivity index (χ3v) is 6.90. The second-order valence-corrected chi connectivity index (χ2v) is 9.45. The Bertz CT molecular complexity index is 1610. The van der Waals surface area contributed by atoms with E-state index in [4.69, 9.17) is 10.5 Å². The van der Waals surface area contributed by atoms with Gasteiger partial charge < -0.3 is 20.2 Å². The Morgan fingerprint density at radius 2 is 2.03 bits per heavy atom. The van der Waals surface area contributed by atoms with Gasteiger partial charge in [0, 0.05) is 42.1 Å². The highest BCUT2D eigenvalue weighted by molar-refractivity contribution is 6.08. The number of aliphatic imine (C=N–C) groups is 2. The quantitative estimate of drug-likeness (QED) is 0.165. The predicted molar refractivity (Wildman–Crippen MR) is 145 cm³/mol. The summed E-state index contributed by atoms with van der Waals surface area (Å²) in [6.45, 7) is 2.26. The van der Waals surface area contributed by atoms with Crippen LogP contribution in [-0.2, 0) is 17.6 Å². The van der Waals surface area contributed by atoms with E-state index < -0.39 is 29.1 Å². The van der Waals surface area contributed by atoms with E-state index in [9.17, 15) is 13.6 Å². The van der Waals surface area contributed by atoms with E-state index in [1.807, 2.05) is 6.07 Å². The Morgan fingerprint density at radius 3 is 2.85 bits per heavy atom. The summed E-state index contributed by atoms with van der Waals surface area (Å²) in [5.41, 5.74) is 9.07. The Hall–Kier alpha value is -4.40. The van der Waals surface area contributed by atoms with Crippen molar-refractivity contribution in [2.75, 3.05) is 6.54 Å². The van der Waals surface area contributed by atoms with Crippen molar-refractivity contribution in [3.05, 3.63) is 94.4 Å². The number of aryl methyl sites for hydroxylation is 2. The van der Waals surface area contributed by atoms with Gasteiger partial charge in [0.05, 0.1) is 5.52 Å². The molecule has 0 amide bonds. The van der Waals surface area contributed by atoms with E-state index in [1.54, 1.807) is 37.3 Å². The van der Waals surface area contributed by atoms with Crippen molar-refractivity contribution in [1.82, 2.24) is 4.98 Å². The Labute approximate surface area is 223 Å². The second kappa shape index (κ2) is 11.1. The molecule has 5 rings (SSSR count). The van der Waals surface area contributed by atoms with Gasteiger partial charge in [-0.15, -0.1) is 0 Å². The Balaban J connectivity index is 1.47. The zero-order valence-electron chi connectivity index (χ0n) is 21.3. The highest BCUT2D eigenvalue weighted by Crippen LogP contribution is 2.34. The molecule has 1 aliphatic rings. The first-order valence-electron chi connectivity index (χ1n) is 12.7. The number of aromatic nitrogens is 1. The van der Waals surface area contributed by atoms with Crippen molar-refractivity contribution < 1.29 is 22.7 Å². The van der Waals surface area contributed by atoms with Crippen molar-refractivity contribution in [1.29, 1.82) is 0 Å². The molecule has 0 radical (unpaired) electrons. The molecule has 0 fully saturated rings. The molecule has 9 heteroatoms. The largest absolute Gasteiger partial charge is 0.451 e. The summed E-state index contributed by atoms with van der Waals surface area (Å²) in [5, 5.41) is 0.220. The van der Waals surface area contributed by atoms with Gasteiger partial charge in [-0.25, -0.2) is 18.2 Å². The fourth-order valence-electron chi connectivity index (χ4n) is 4.72. The molecule has 200 valence electrons. The summed E-state index contributed by atoms with van der Waals surface area (Å²) in [7, 11) is 0. The average Bonchev–Trinajstić information content (AvgIpc) is 3.31. The highest BCUT2D eigenvalue weighted by Gasteiger charge is 2.21. The predicted octanol–water partition coefficient (Wildman–Crippen LogP) is 6.36. The minimum atomic E-state index is -0.834. The van der Waals surface area contributed by atoms with Crippen molar-refractivity contribution in [2.45, 2.75) is 38.5 Å². The molecular formula is C30H27F3N4O2. The van der Waals surface area contributed by atoms with Gasteiger partial charge in [-0.2, -0.15) is 0 Å². The number of fused-ring (bicyclic) bond motifs is 2. The maximum absolute atomic E-state index is 15.2. The fourth-order valence-corrected chi connectivity index (χ4v) is 4.72. The molecule has 0 saturated carbocycles. The maximum Gasteiger partial charge on any atom is 0.199 e. The van der Waals surface area contributed by atoms with Gasteiger partial charge in [-0.05, 0) is 54.2 Å². The van der Waals surface area contributed by atoms with Crippen molar-refractivity contribution >= 4 is 28.9 Å². The summed E-state index contributed by atoms with van der Waals surface area (Å²) in [6, 6.07) is 12.8. The molecule has 3 aromatic carbocycles. The maximum atomic E-state index is 15.2. The number of carbonyl (C=O) groups excluding carboxylic acids is 1. The van der Waals surface area contributed by atoms with E-state index >= 15 is 4.39 Å². The van der Waals surface area contributed by atoms with E-state index in [1.165, 1.54) is 18.3 Å². The minimum absolute atomic E-state index is 0.161. The van der Waals surface area contributed by atoms with Gasteiger partial charge in [0.2, 0.25) is 0 Å². The van der Waals surface area contributed by atoms with Crippen LogP contribution in [0.1, 0.15) is 47.9 Å². The van der Waals surface area contributed by atoms with Gasteiger partial charge in [0.1, 0.15) is 23.7 Å². The molecule has 0 bridgehead atoms. The SMILES string of the molecule is CC(C(N)=NC1=NCCCc2ccc(Oc3c(F)cc4[nH]ccc4c3F)cc21)c1cccc(CCC=O)c1F. The van der Waals surface area contributed by atoms with Crippen molar-refractivity contribution in [2.24, 2.45) is 15.7 Å². The van der Waals surface area contributed by atoms with Gasteiger partial charge in [-0.1, -0.05) is 31.2 Å². The van der Waals surface area contributed by atoms with Crippen LogP contribution in [0.25, 0.3) is 10.9 Å². The van der Waals surface area contributed by atoms with E-state index in [-0.39, 0.29) is 23.4 Å². The molecule has 1 aliphatic heterocycles. The van der Waals surface area contributed by atoms with Crippen LogP contribution in [0.3, 0.4) is 0 Å². The molecule has 2 heterocycles. The van der Waals surface area contributed by atoms with Crippen LogP contribution in [0.5, 0.6) is 11.5 Å². The third-order valence-electron chi connectivity index (χ3n) is 6.90. The lowest BCUT2D eigenvalue weighted by atomic mass is 9.95. The summed E-state index contributed by atoms with van der Waals surface area (Å²) < 4.78 is 50.5. The number of carbonyl (C=O) groups is 1. The van der Waals surface area contributed by atoms with Crippen LogP contribution in [0.15, 0.2) is 64.7 Å². The summed E-state index contributed by atoms with van der Waals surface area (Å²) in [4.78, 5) is 22.7. The molecule has 0 aliphatic carbocycles. The third kappa shape index (κ3) is 5.30. The van der Waals surface area contributed by atoms with Crippen LogP contribution in [0.4, 0.5) is 13.2 Å². The lowest BCUT2D eigenvalue weighted by molar-refractivity contribution is -0.107. The first-order valence-corrected chi connectivity index (χ1v) is 12.7. The van der Waals surface area contributed by atoms with E-state index in [0.29, 0.717) is 41.0 Å². The zero-order chi connectivity index (χ0) is 27.5. The number of nitrogens with zero attached hydrogens (tertiary/aromatic N) is 2. The van der Waals surface area contributed by atoms with Crippen LogP contribution in [-0.4, -0.2) is 29.5 Å². The van der Waals surface area contributed by atoms with Gasteiger partial charge in [0.25, 0.3) is 0 Å². The van der Waals surface area contributed by atoms with Crippen LogP contribution < -0.4 is 10.5 Å². The molecule has 1 atom stereocenters. The summed E-state index contributed by atoms with van der Waals surface area (Å²) in [6.07, 6.45) is 4.31. The number of hydrogen-bond acceptors (Lipinski definition) is 4. The van der Waals surface area contributed by atoms with Crippen LogP contribution in [0, 0.1) is 17.5 Å². The van der Waals surface area contributed by atoms with Gasteiger partial charge in [0.15, 0.2) is 23.2 Å². The first kappa shape index (κ1) is 26.2. The highest BCUT2D eigenvalue weighted by atomic mass is 19.1. The number of aromatic amines is 1. The van der Waals surface area contributed by atoms with Crippen LogP contribution >= 0.6 is 0 Å². The molecule has 1 unspecified atom stereocenters. The Kier molecular flexibility index (Phi) is 7.49. The molecule has 4 aromatic rings. The summed E-state index contributed by atoms with van der Waals surface area (Å²) in [5.74, 6) is -2.39. The van der Waals surface area contributed by atoms with Crippen molar-refractivity contribution in [3.63, 3.8) is 0 Å². The molecule has 1 aromatic heterocycles. The number of ether oxygens (including phenoxy) is 1. The molecule has 6 nitrogen and oxygen atoms in total. The topological polar surface area (TPSA) is 92.8 Å². The number of halogens is 3. The number of amidine groups is 2. The van der Waals surface area contributed by atoms with Gasteiger partial charge >= 0.3 is 0 Å². The number of hydrogen-bond donors (Lipinski definition) is 2. The lowest BCUT2D eigenvalue weighted by Gasteiger charge is -2.16. The van der Waals surface area contributed by atoms with Gasteiger partial charge in [-0.3, -0.25) is 4.99 Å². The summed E-state index contributed by atoms with van der Waals surface area (Å²) >= 11 is 0. The standard InChI is InChI=1S/C30H27F3N4O2/c1-17(21-8-2-5-19(26(21)32)7-4-14-38)29(34)37-30-23-15-20(10-9-18(23)6-3-12-36-30)39-28-24(31)16-25-22(27(28)33)11-13-35-25/h2,5,8-11,13-17,35H,3-4,6-7,12H2,1H3,(H2,34,36,37). The molecule has 3 N–H and O–H groups in total. The normalized spacial score (nSPS) is 14.5. The molecule has 39 heavy (non-hydrogen) atoms. The molecule has 0 saturated heterocycles. The number of rotatable bonds is 7. The van der Waals surface area contributed by atoms with Crippen LogP contribution in [0.2, 0.25) is 0 Å². The molecule has 0 spiro atoms. The smallest absolute Gasteiger partial charge is 0.199 e. The number of nitrogens with one attached hydrogen (secondary N) is 1. The van der Waals surface area contributed by atoms with E-state index in [0.717, 1.165) is 24.7 Å². The lowest BCUT2D eigenvalue weighted by Crippen LogP contribution is -2.23. The monoisotopic (exact) mass is 532 g/mol. The molecular weight excluding hydrogens is 505 g/mol. The first-order chi connectivity index (χ1) is 18.9. The number of nitrogens with two attached hydrogens (primary N) is 1. The minimum Gasteiger partial charge on any atom is -0.451 e. The number of benzene rings is 3. The van der Waals surface area contributed by atoms with E-state index in [2.05, 4.69) is 15.0 Å². The van der Waals surface area contributed by atoms with Crippen molar-refractivity contribution in [3.8, 4) is 11.5 Å². The zero-order valence-corrected chi connectivity index (χ0v) is 21.3. The second-order valence-electron chi connectivity index (χ2n) is 9.45. The number of H-pyrrole nitrogens is 1. The number of aldehydes is 1. The fraction of sp³-hybridized carbons (Fsp3) is 0.233.